The van der Waals surface area contributed by atoms with Crippen LogP contribution in [0.5, 0.6) is 0 Å². The van der Waals surface area contributed by atoms with Crippen LogP contribution in [0, 0.1) is 5.92 Å². The fourth-order valence-electron chi connectivity index (χ4n) is 2.99. The van der Waals surface area contributed by atoms with Crippen LogP contribution in [0.3, 0.4) is 0 Å². The molecule has 2 aromatic rings. The van der Waals surface area contributed by atoms with Crippen LogP contribution in [0.15, 0.2) is 29.4 Å². The third kappa shape index (κ3) is 3.92. The van der Waals surface area contributed by atoms with Gasteiger partial charge in [0.1, 0.15) is 5.92 Å². The van der Waals surface area contributed by atoms with Crippen LogP contribution in [-0.2, 0) is 15.8 Å². The van der Waals surface area contributed by atoms with Crippen LogP contribution in [0.4, 0.5) is 19.1 Å². The zero-order chi connectivity index (χ0) is 19.8. The normalized spacial score (nSPS) is 20.2. The molecule has 0 unspecified atom stereocenters. The van der Waals surface area contributed by atoms with Gasteiger partial charge in [-0.05, 0) is 24.0 Å². The van der Waals surface area contributed by atoms with Crippen molar-refractivity contribution in [1.82, 2.24) is 20.1 Å². The van der Waals surface area contributed by atoms with E-state index in [-0.39, 0.29) is 12.5 Å². The largest absolute Gasteiger partial charge is 0.416 e. The molecule has 1 fully saturated rings. The molecule has 2 amide bonds. The third-order valence-electron chi connectivity index (χ3n) is 4.36. The van der Waals surface area contributed by atoms with Crippen molar-refractivity contribution in [2.45, 2.75) is 17.3 Å². The van der Waals surface area contributed by atoms with Crippen molar-refractivity contribution in [3.05, 3.63) is 35.4 Å². The first kappa shape index (κ1) is 19.2. The van der Waals surface area contributed by atoms with Gasteiger partial charge in [-0.15, -0.1) is 5.10 Å². The van der Waals surface area contributed by atoms with Gasteiger partial charge in [0.25, 0.3) is 0 Å². The molecule has 0 saturated carbocycles. The van der Waals surface area contributed by atoms with E-state index < -0.39 is 35.4 Å². The number of alkyl halides is 3. The highest BCUT2D eigenvalue weighted by molar-refractivity contribution is 7.98. The van der Waals surface area contributed by atoms with Crippen LogP contribution in [-0.4, -0.2) is 51.7 Å². The van der Waals surface area contributed by atoms with E-state index in [1.54, 1.807) is 13.3 Å². The van der Waals surface area contributed by atoms with Gasteiger partial charge in [-0.3, -0.25) is 20.0 Å². The number of carbonyl (C=O) groups excluding carboxylic acids is 2. The molecule has 2 atom stereocenters. The highest BCUT2D eigenvalue weighted by atomic mass is 32.2. The van der Waals surface area contributed by atoms with E-state index >= 15 is 0 Å². The Bertz CT molecular complexity index is 852. The molecule has 1 aliphatic rings. The van der Waals surface area contributed by atoms with Crippen molar-refractivity contribution in [3.63, 3.8) is 0 Å². The van der Waals surface area contributed by atoms with Gasteiger partial charge < -0.3 is 4.90 Å². The maximum Gasteiger partial charge on any atom is 0.416 e. The molecule has 1 saturated heterocycles. The van der Waals surface area contributed by atoms with E-state index in [2.05, 4.69) is 20.5 Å². The Hall–Kier alpha value is -2.56. The number of hydrogen-bond acceptors (Lipinski definition) is 5. The molecule has 0 bridgehead atoms. The first-order valence-electron chi connectivity index (χ1n) is 7.90. The Kier molecular flexibility index (Phi) is 5.13. The van der Waals surface area contributed by atoms with Crippen molar-refractivity contribution < 1.29 is 22.8 Å². The Morgan fingerprint density at radius 1 is 1.33 bits per heavy atom. The number of likely N-dealkylation sites (N-methyl/N-ethyl adjacent to an activating group) is 1. The summed E-state index contributed by atoms with van der Waals surface area (Å²) in [5.74, 6) is -2.59. The van der Waals surface area contributed by atoms with Crippen molar-refractivity contribution in [2.75, 3.05) is 25.2 Å². The van der Waals surface area contributed by atoms with E-state index in [0.29, 0.717) is 10.7 Å². The van der Waals surface area contributed by atoms with Crippen LogP contribution >= 0.6 is 11.8 Å². The maximum absolute atomic E-state index is 12.8. The number of thioether (sulfide) groups is 1. The zero-order valence-corrected chi connectivity index (χ0v) is 15.2. The average molecular weight is 399 g/mol. The summed E-state index contributed by atoms with van der Waals surface area (Å²) >= 11 is 1.30. The Balaban J connectivity index is 1.83. The second-order valence-electron chi connectivity index (χ2n) is 6.08. The number of aromatic nitrogens is 3. The molecular formula is C16H16F3N5O2S. The summed E-state index contributed by atoms with van der Waals surface area (Å²) < 4.78 is 38.3. The molecule has 1 aromatic heterocycles. The number of halogens is 3. The molecule has 2 heterocycles. The van der Waals surface area contributed by atoms with Gasteiger partial charge in [-0.2, -0.15) is 18.2 Å². The minimum atomic E-state index is -4.45. The fraction of sp³-hybridized carbons (Fsp3) is 0.375. The molecular weight excluding hydrogens is 383 g/mol. The van der Waals surface area contributed by atoms with E-state index in [4.69, 9.17) is 0 Å². The average Bonchev–Trinajstić information content (AvgIpc) is 3.19. The third-order valence-corrected chi connectivity index (χ3v) is 4.93. The summed E-state index contributed by atoms with van der Waals surface area (Å²) in [6.45, 7) is 0.229. The molecule has 1 aliphatic heterocycles. The quantitative estimate of drug-likeness (QED) is 0.608. The number of likely N-dealkylation sites (tertiary alicyclic amines) is 1. The van der Waals surface area contributed by atoms with Gasteiger partial charge in [0, 0.05) is 19.5 Å². The number of rotatable bonds is 4. The first-order valence-corrected chi connectivity index (χ1v) is 9.12. The number of nitrogens with one attached hydrogen (secondary N) is 2. The zero-order valence-electron chi connectivity index (χ0n) is 14.4. The highest BCUT2D eigenvalue weighted by Gasteiger charge is 2.44. The van der Waals surface area contributed by atoms with Crippen molar-refractivity contribution in [3.8, 4) is 0 Å². The lowest BCUT2D eigenvalue weighted by molar-refractivity contribution is -0.138. The van der Waals surface area contributed by atoms with Crippen LogP contribution in [0.1, 0.15) is 17.0 Å². The van der Waals surface area contributed by atoms with Gasteiger partial charge in [-0.1, -0.05) is 23.9 Å². The Morgan fingerprint density at radius 3 is 2.56 bits per heavy atom. The standard InChI is InChI=1S/C16H16F3N5O2S/c1-24-7-10(8-3-5-9(6-4-8)16(17,18)19)11(13(24)26)12(25)20-14-21-15(27-2)23-22-14/h3-6,10-11H,7H2,1-2H3,(H2,20,21,22,23,25)/t10-,11+/m0/s1. The smallest absolute Gasteiger partial charge is 0.344 e. The molecule has 0 spiro atoms. The van der Waals surface area contributed by atoms with Gasteiger partial charge in [0.2, 0.25) is 17.8 Å². The van der Waals surface area contributed by atoms with E-state index in [1.807, 2.05) is 0 Å². The van der Waals surface area contributed by atoms with Gasteiger partial charge in [-0.25, -0.2) is 0 Å². The minimum absolute atomic E-state index is 0.0397. The molecule has 2 N–H and O–H groups in total. The SMILES string of the molecule is CSc1nc(NC(=O)[C@@H]2C(=O)N(C)C[C@H]2c2ccc(C(F)(F)F)cc2)n[nH]1. The maximum atomic E-state index is 12.8. The summed E-state index contributed by atoms with van der Waals surface area (Å²) in [5.41, 5.74) is -0.295. The number of nitrogens with zero attached hydrogens (tertiary/aromatic N) is 3. The number of benzene rings is 1. The van der Waals surface area contributed by atoms with Gasteiger partial charge in [0.15, 0.2) is 5.16 Å². The first-order chi connectivity index (χ1) is 12.7. The summed E-state index contributed by atoms with van der Waals surface area (Å²) in [7, 11) is 1.55. The Morgan fingerprint density at radius 2 is 2.00 bits per heavy atom. The van der Waals surface area contributed by atoms with E-state index in [1.165, 1.54) is 28.8 Å². The highest BCUT2D eigenvalue weighted by Crippen LogP contribution is 2.36. The molecule has 0 aliphatic carbocycles. The second kappa shape index (κ2) is 7.22. The molecule has 0 radical (unpaired) electrons. The second-order valence-corrected chi connectivity index (χ2v) is 6.88. The number of amides is 2. The number of aromatic amines is 1. The number of anilines is 1. The lowest BCUT2D eigenvalue weighted by Gasteiger charge is -2.17. The Labute approximate surface area is 156 Å². The fourth-order valence-corrected chi connectivity index (χ4v) is 3.31. The number of hydrogen-bond donors (Lipinski definition) is 2. The molecule has 3 rings (SSSR count). The van der Waals surface area contributed by atoms with Crippen molar-refractivity contribution in [1.29, 1.82) is 0 Å². The van der Waals surface area contributed by atoms with Gasteiger partial charge in [0.05, 0.1) is 5.56 Å². The molecule has 1 aromatic carbocycles. The predicted octanol–water partition coefficient (Wildman–Crippen LogP) is 2.36. The van der Waals surface area contributed by atoms with Crippen LogP contribution in [0.2, 0.25) is 0 Å². The molecule has 11 heteroatoms. The summed E-state index contributed by atoms with van der Waals surface area (Å²) in [6.07, 6.45) is -2.67. The molecule has 144 valence electrons. The topological polar surface area (TPSA) is 91.0 Å². The van der Waals surface area contributed by atoms with Crippen molar-refractivity contribution >= 4 is 29.5 Å². The summed E-state index contributed by atoms with van der Waals surface area (Å²) in [5, 5.41) is 9.45. The number of H-pyrrole nitrogens is 1. The monoisotopic (exact) mass is 399 g/mol. The van der Waals surface area contributed by atoms with Gasteiger partial charge >= 0.3 is 6.18 Å². The lowest BCUT2D eigenvalue weighted by Crippen LogP contribution is -2.33. The van der Waals surface area contributed by atoms with Crippen molar-refractivity contribution in [2.24, 2.45) is 5.92 Å². The molecule has 27 heavy (non-hydrogen) atoms. The molecule has 7 nitrogen and oxygen atoms in total. The van der Waals surface area contributed by atoms with E-state index in [0.717, 1.165) is 12.1 Å². The summed E-state index contributed by atoms with van der Waals surface area (Å²) in [4.78, 5) is 30.5. The van der Waals surface area contributed by atoms with E-state index in [9.17, 15) is 22.8 Å². The summed E-state index contributed by atoms with van der Waals surface area (Å²) in [6, 6.07) is 4.51. The van der Waals surface area contributed by atoms with Crippen LogP contribution < -0.4 is 5.32 Å². The predicted molar refractivity (Wildman–Crippen MR) is 92.1 cm³/mol. The lowest BCUT2D eigenvalue weighted by atomic mass is 9.87. The number of carbonyl (C=O) groups is 2. The minimum Gasteiger partial charge on any atom is -0.344 e. The van der Waals surface area contributed by atoms with Crippen LogP contribution in [0.25, 0.3) is 0 Å².